The molecule has 2 rings (SSSR count). The highest BCUT2D eigenvalue weighted by Crippen LogP contribution is 2.62. The zero-order valence-corrected chi connectivity index (χ0v) is 31.0. The average Bonchev–Trinajstić information content (AvgIpc) is 3.64. The van der Waals surface area contributed by atoms with Crippen LogP contribution in [0.15, 0.2) is 37.1 Å². The third-order valence-electron chi connectivity index (χ3n) is 10.8. The van der Waals surface area contributed by atoms with Gasteiger partial charge in [0.15, 0.2) is 16.8 Å². The van der Waals surface area contributed by atoms with Gasteiger partial charge >= 0.3 is 48.4 Å². The lowest BCUT2D eigenvalue weighted by atomic mass is 9.71. The van der Waals surface area contributed by atoms with Gasteiger partial charge in [-0.25, -0.2) is 9.59 Å². The van der Waals surface area contributed by atoms with E-state index < -0.39 is 132 Å². The lowest BCUT2D eigenvalue weighted by Crippen LogP contribution is -2.75. The number of rotatable bonds is 17. The van der Waals surface area contributed by atoms with Crippen LogP contribution in [0.2, 0.25) is 0 Å². The topological polar surface area (TPSA) is 101 Å². The van der Waals surface area contributed by atoms with Crippen molar-refractivity contribution < 1.29 is 104 Å². The highest BCUT2D eigenvalue weighted by atomic mass is 19.4. The van der Waals surface area contributed by atoms with E-state index in [0.717, 1.165) is 6.92 Å². The van der Waals surface area contributed by atoms with E-state index >= 15 is 39.5 Å². The van der Waals surface area contributed by atoms with Gasteiger partial charge in [0.25, 0.3) is 5.60 Å². The Morgan fingerprint density at radius 2 is 1.26 bits per heavy atom. The highest BCUT2D eigenvalue weighted by Gasteiger charge is 2.84. The van der Waals surface area contributed by atoms with Crippen molar-refractivity contribution in [3.05, 3.63) is 37.1 Å². The molecule has 2 fully saturated rings. The second kappa shape index (κ2) is 15.8. The molecule has 2 saturated carbocycles. The van der Waals surface area contributed by atoms with Crippen molar-refractivity contribution in [2.75, 3.05) is 13.2 Å². The molecule has 6 atom stereocenters. The zero-order valence-electron chi connectivity index (χ0n) is 31.0. The van der Waals surface area contributed by atoms with Gasteiger partial charge in [-0.15, -0.1) is 0 Å². The largest absolute Gasteiger partial charge is 0.490 e. The van der Waals surface area contributed by atoms with E-state index in [1.807, 2.05) is 0 Å². The van der Waals surface area contributed by atoms with Gasteiger partial charge in [-0.3, -0.25) is 0 Å². The fourth-order valence-corrected chi connectivity index (χ4v) is 7.67. The molecule has 2 bridgehead atoms. The van der Waals surface area contributed by atoms with Crippen LogP contribution in [0.3, 0.4) is 0 Å². The summed E-state index contributed by atoms with van der Waals surface area (Å²) in [5.41, 5.74) is -29.2. The van der Waals surface area contributed by atoms with Crippen molar-refractivity contribution in [1.29, 1.82) is 0 Å². The Kier molecular flexibility index (Phi) is 13.8. The average molecular weight is 863 g/mol. The number of ether oxygens (including phenoxy) is 5. The minimum absolute atomic E-state index is 0.0333. The summed E-state index contributed by atoms with van der Waals surface area (Å²) in [6, 6.07) is 0. The highest BCUT2D eigenvalue weighted by molar-refractivity contribution is 5.88. The molecule has 0 aliphatic heterocycles. The molecular formula is C34H41F15O8. The molecule has 0 saturated heterocycles. The van der Waals surface area contributed by atoms with E-state index in [-0.39, 0.29) is 33.0 Å². The van der Waals surface area contributed by atoms with E-state index in [9.17, 15) is 41.0 Å². The summed E-state index contributed by atoms with van der Waals surface area (Å²) >= 11 is 0. The predicted molar refractivity (Wildman–Crippen MR) is 166 cm³/mol. The third kappa shape index (κ3) is 8.21. The van der Waals surface area contributed by atoms with Crippen molar-refractivity contribution in [1.82, 2.24) is 0 Å². The standard InChI is InChI=1S/C34H41F15O8/c1-9-26(56-22(50)18(3)4,28(52,31(38,39)40)32(41,42)43)13-14-54-29(33(44,45)46,34(47,48)49)24(7,53-10-2)17-55-25(8,30(35,36)37)27(57-23(51)19(5)6)16-20-11-12-21(27)15-20/h10,20-21,52H,2-3,5,9,11-17H2,1,4,6-8H3. The Balaban J connectivity index is 2.89. The van der Waals surface area contributed by atoms with Gasteiger partial charge in [0, 0.05) is 23.5 Å². The maximum absolute atomic E-state index is 15.2. The van der Waals surface area contributed by atoms with Crippen molar-refractivity contribution >= 4 is 11.9 Å². The van der Waals surface area contributed by atoms with Crippen LogP contribution in [0.1, 0.15) is 73.1 Å². The van der Waals surface area contributed by atoms with Crippen molar-refractivity contribution in [3.8, 4) is 0 Å². The Morgan fingerprint density at radius 3 is 1.60 bits per heavy atom. The molecule has 0 heterocycles. The summed E-state index contributed by atoms with van der Waals surface area (Å²) in [5.74, 6) is -5.31. The number of carbonyl (C=O) groups is 2. The van der Waals surface area contributed by atoms with E-state index in [0.29, 0.717) is 20.3 Å². The van der Waals surface area contributed by atoms with Gasteiger partial charge in [0.2, 0.25) is 5.60 Å². The van der Waals surface area contributed by atoms with Crippen LogP contribution in [0.25, 0.3) is 0 Å². The molecule has 2 aliphatic rings. The van der Waals surface area contributed by atoms with Gasteiger partial charge in [0.1, 0.15) is 0 Å². The number of fused-ring (bicyclic) bond motifs is 2. The van der Waals surface area contributed by atoms with Crippen LogP contribution in [-0.4, -0.2) is 94.7 Å². The van der Waals surface area contributed by atoms with E-state index in [1.54, 1.807) is 0 Å². The quantitative estimate of drug-likeness (QED) is 0.0669. The maximum Gasteiger partial charge on any atom is 0.430 e. The van der Waals surface area contributed by atoms with E-state index in [4.69, 9.17) is 9.47 Å². The second-order valence-corrected chi connectivity index (χ2v) is 14.5. The van der Waals surface area contributed by atoms with Gasteiger partial charge in [-0.1, -0.05) is 26.7 Å². The van der Waals surface area contributed by atoms with Gasteiger partial charge in [-0.2, -0.15) is 65.9 Å². The molecule has 1 N–H and O–H groups in total. The summed E-state index contributed by atoms with van der Waals surface area (Å²) in [4.78, 5) is 25.1. The lowest BCUT2D eigenvalue weighted by molar-refractivity contribution is -0.438. The smallest absolute Gasteiger partial charge is 0.430 e. The van der Waals surface area contributed by atoms with Crippen LogP contribution in [0.4, 0.5) is 65.9 Å². The van der Waals surface area contributed by atoms with Gasteiger partial charge in [0.05, 0.1) is 19.5 Å². The van der Waals surface area contributed by atoms with Crippen molar-refractivity contribution in [2.24, 2.45) is 11.8 Å². The fraction of sp³-hybridized carbons (Fsp3) is 0.765. The van der Waals surface area contributed by atoms with Crippen LogP contribution < -0.4 is 0 Å². The van der Waals surface area contributed by atoms with Gasteiger partial charge in [-0.05, 0) is 65.7 Å². The number of aliphatic hydroxyl groups is 1. The fourth-order valence-electron chi connectivity index (χ4n) is 7.67. The number of alkyl halides is 15. The minimum atomic E-state index is -6.94. The molecule has 2 aliphatic carbocycles. The molecule has 57 heavy (non-hydrogen) atoms. The van der Waals surface area contributed by atoms with Crippen LogP contribution in [-0.2, 0) is 33.3 Å². The molecule has 0 aromatic rings. The molecule has 0 aromatic carbocycles. The molecule has 0 spiro atoms. The third-order valence-corrected chi connectivity index (χ3v) is 10.8. The summed E-state index contributed by atoms with van der Waals surface area (Å²) < 4.78 is 245. The molecule has 23 heteroatoms. The minimum Gasteiger partial charge on any atom is -0.490 e. The summed E-state index contributed by atoms with van der Waals surface area (Å²) in [6.45, 7) is 6.26. The van der Waals surface area contributed by atoms with E-state index in [1.165, 1.54) is 0 Å². The van der Waals surface area contributed by atoms with Crippen LogP contribution >= 0.6 is 0 Å². The number of esters is 2. The van der Waals surface area contributed by atoms with Crippen LogP contribution in [0.5, 0.6) is 0 Å². The van der Waals surface area contributed by atoms with E-state index in [2.05, 4.69) is 33.9 Å². The second-order valence-electron chi connectivity index (χ2n) is 14.5. The number of carbonyl (C=O) groups excluding carboxylic acids is 2. The molecular weight excluding hydrogens is 821 g/mol. The zero-order chi connectivity index (χ0) is 44.9. The van der Waals surface area contributed by atoms with Gasteiger partial charge < -0.3 is 28.8 Å². The van der Waals surface area contributed by atoms with Crippen LogP contribution in [0, 0.1) is 11.8 Å². The predicted octanol–water partition coefficient (Wildman–Crippen LogP) is 9.31. The SMILES string of the molecule is C=COC(C)(COC(C)(C(F)(F)F)C1(OC(=O)C(=C)C)CC2CCC1C2)C(OCCC(CC)(OC(=O)C(=C)C)C(O)(C(F)(F)F)C(F)(F)F)(C(F)(F)F)C(F)(F)F. The number of hydrogen-bond donors (Lipinski definition) is 1. The molecule has 6 unspecified atom stereocenters. The number of hydrogen-bond acceptors (Lipinski definition) is 8. The first-order valence-corrected chi connectivity index (χ1v) is 16.8. The monoisotopic (exact) mass is 862 g/mol. The summed E-state index contributed by atoms with van der Waals surface area (Å²) in [7, 11) is 0. The maximum atomic E-state index is 15.2. The lowest BCUT2D eigenvalue weighted by Gasteiger charge is -2.53. The molecule has 8 nitrogen and oxygen atoms in total. The Labute approximate surface area is 316 Å². The normalized spacial score (nSPS) is 24.2. The Hall–Kier alpha value is -3.21. The molecule has 330 valence electrons. The molecule has 0 aromatic heterocycles. The molecule has 0 amide bonds. The first-order valence-electron chi connectivity index (χ1n) is 16.8. The first kappa shape index (κ1) is 49.9. The molecule has 0 radical (unpaired) electrons. The number of halogens is 15. The summed E-state index contributed by atoms with van der Waals surface area (Å²) in [6.07, 6.45) is -38.2. The first-order chi connectivity index (χ1) is 25.4. The van der Waals surface area contributed by atoms with Crippen molar-refractivity contribution in [3.63, 3.8) is 0 Å². The van der Waals surface area contributed by atoms with Crippen molar-refractivity contribution in [2.45, 2.75) is 138 Å². The Morgan fingerprint density at radius 1 is 0.772 bits per heavy atom. The summed E-state index contributed by atoms with van der Waals surface area (Å²) in [5, 5.41) is 10.3. The Bertz CT molecular complexity index is 1500.